The van der Waals surface area contributed by atoms with Crippen LogP contribution < -0.4 is 4.72 Å². The summed E-state index contributed by atoms with van der Waals surface area (Å²) in [4.78, 5) is 4.42. The Kier molecular flexibility index (Phi) is 9.55. The third-order valence-electron chi connectivity index (χ3n) is 4.46. The van der Waals surface area contributed by atoms with Crippen LogP contribution in [0.1, 0.15) is 38.1 Å². The fourth-order valence-electron chi connectivity index (χ4n) is 2.81. The molecule has 6 nitrogen and oxygen atoms in total. The van der Waals surface area contributed by atoms with Gasteiger partial charge in [-0.05, 0) is 38.5 Å². The van der Waals surface area contributed by atoms with Gasteiger partial charge in [-0.25, -0.2) is 0 Å². The molecule has 1 aromatic heterocycles. The highest BCUT2D eigenvalue weighted by atomic mass is 32.2. The Morgan fingerprint density at radius 3 is 2.28 bits per heavy atom. The van der Waals surface area contributed by atoms with Crippen molar-refractivity contribution in [1.29, 1.82) is 0 Å². The predicted molar refractivity (Wildman–Crippen MR) is 116 cm³/mol. The summed E-state index contributed by atoms with van der Waals surface area (Å²) in [6.45, 7) is 6.55. The van der Waals surface area contributed by atoms with Crippen LogP contribution >= 0.6 is 0 Å². The Bertz CT molecular complexity index is 697. The Morgan fingerprint density at radius 1 is 1.03 bits per heavy atom. The van der Waals surface area contributed by atoms with Crippen LogP contribution in [0.15, 0.2) is 54.7 Å². The van der Waals surface area contributed by atoms with Crippen molar-refractivity contribution in [3.05, 3.63) is 66.0 Å². The molecule has 0 aliphatic heterocycles. The van der Waals surface area contributed by atoms with E-state index in [1.54, 1.807) is 20.4 Å². The zero-order valence-electron chi connectivity index (χ0n) is 17.8. The summed E-state index contributed by atoms with van der Waals surface area (Å²) in [6.07, 6.45) is 0.872. The molecule has 0 fully saturated rings. The summed E-state index contributed by atoms with van der Waals surface area (Å²) in [7, 11) is 3.24. The molecule has 0 bridgehead atoms. The molecule has 1 unspecified atom stereocenters. The van der Waals surface area contributed by atoms with Crippen molar-refractivity contribution in [3.8, 4) is 0 Å². The number of ether oxygens (including phenoxy) is 3. The number of rotatable bonds is 11. The number of benzene rings is 1. The van der Waals surface area contributed by atoms with E-state index in [4.69, 9.17) is 14.2 Å². The summed E-state index contributed by atoms with van der Waals surface area (Å²) in [5.41, 5.74) is 1.82. The Hall–Kier alpha value is -1.48. The molecule has 4 atom stereocenters. The molecule has 2 aromatic rings. The molecule has 0 aliphatic carbocycles. The van der Waals surface area contributed by atoms with Gasteiger partial charge >= 0.3 is 0 Å². The zero-order valence-corrected chi connectivity index (χ0v) is 18.6. The number of hydrogen-bond acceptors (Lipinski definition) is 6. The minimum atomic E-state index is -1.32. The van der Waals surface area contributed by atoms with E-state index in [1.807, 2.05) is 69.3 Å². The molecule has 1 N–H and O–H groups in total. The maximum absolute atomic E-state index is 12.9. The molecule has 29 heavy (non-hydrogen) atoms. The van der Waals surface area contributed by atoms with E-state index in [1.165, 1.54) is 0 Å². The lowest BCUT2D eigenvalue weighted by atomic mass is 10.0. The van der Waals surface area contributed by atoms with Crippen LogP contribution in [0.25, 0.3) is 0 Å². The number of aromatic nitrogens is 1. The second kappa shape index (κ2) is 11.6. The predicted octanol–water partition coefficient (Wildman–Crippen LogP) is 3.42. The summed E-state index contributed by atoms with van der Waals surface area (Å²) in [6, 6.07) is 15.2. The first-order valence-corrected chi connectivity index (χ1v) is 10.8. The van der Waals surface area contributed by atoms with Gasteiger partial charge in [-0.3, -0.25) is 4.98 Å². The van der Waals surface area contributed by atoms with Crippen LogP contribution in [0.3, 0.4) is 0 Å². The largest absolute Gasteiger partial charge is 0.598 e. The van der Waals surface area contributed by atoms with Crippen molar-refractivity contribution in [3.63, 3.8) is 0 Å². The van der Waals surface area contributed by atoms with Crippen LogP contribution in [0.4, 0.5) is 0 Å². The third-order valence-corrected chi connectivity index (χ3v) is 6.05. The van der Waals surface area contributed by atoms with Gasteiger partial charge in [0.15, 0.2) is 0 Å². The van der Waals surface area contributed by atoms with E-state index in [2.05, 4.69) is 9.71 Å². The first kappa shape index (κ1) is 23.8. The van der Waals surface area contributed by atoms with E-state index in [0.29, 0.717) is 13.2 Å². The van der Waals surface area contributed by atoms with Gasteiger partial charge in [-0.15, -0.1) is 4.72 Å². The lowest BCUT2D eigenvalue weighted by Crippen LogP contribution is -2.54. The quantitative estimate of drug-likeness (QED) is 0.562. The van der Waals surface area contributed by atoms with Crippen molar-refractivity contribution in [2.24, 2.45) is 0 Å². The SMILES string of the molecule is COC(c1ccccn1)[C@@H](N[S@+]([O-])C(C)(C)C)[C@@H](COCc1ccccc1)OC. The van der Waals surface area contributed by atoms with E-state index >= 15 is 0 Å². The van der Waals surface area contributed by atoms with Gasteiger partial charge in [-0.2, -0.15) is 0 Å². The molecular weight excluding hydrogens is 388 g/mol. The van der Waals surface area contributed by atoms with Gasteiger partial charge in [0.2, 0.25) is 0 Å². The lowest BCUT2D eigenvalue weighted by molar-refractivity contribution is -0.0510. The molecule has 0 saturated carbocycles. The number of nitrogens with zero attached hydrogens (tertiary/aromatic N) is 1. The van der Waals surface area contributed by atoms with Crippen molar-refractivity contribution in [1.82, 2.24) is 9.71 Å². The fourth-order valence-corrected chi connectivity index (χ4v) is 3.69. The topological polar surface area (TPSA) is 75.7 Å². The van der Waals surface area contributed by atoms with Crippen molar-refractivity contribution < 1.29 is 18.8 Å². The average molecular weight is 421 g/mol. The molecule has 7 heteroatoms. The van der Waals surface area contributed by atoms with Crippen LogP contribution in [0.2, 0.25) is 0 Å². The third kappa shape index (κ3) is 7.37. The normalized spacial score (nSPS) is 16.2. The van der Waals surface area contributed by atoms with Crippen LogP contribution in [0, 0.1) is 0 Å². The summed E-state index contributed by atoms with van der Waals surface area (Å²) >= 11 is -1.32. The van der Waals surface area contributed by atoms with E-state index in [0.717, 1.165) is 11.3 Å². The van der Waals surface area contributed by atoms with E-state index in [9.17, 15) is 4.55 Å². The maximum atomic E-state index is 12.9. The highest BCUT2D eigenvalue weighted by Gasteiger charge is 2.39. The van der Waals surface area contributed by atoms with E-state index < -0.39 is 34.4 Å². The van der Waals surface area contributed by atoms with Gasteiger partial charge in [0.1, 0.15) is 23.0 Å². The average Bonchev–Trinajstić information content (AvgIpc) is 2.72. The van der Waals surface area contributed by atoms with Crippen LogP contribution in [0.5, 0.6) is 0 Å². The van der Waals surface area contributed by atoms with Gasteiger partial charge in [0.05, 0.1) is 18.9 Å². The second-order valence-electron chi connectivity index (χ2n) is 7.71. The zero-order chi connectivity index (χ0) is 21.3. The molecule has 160 valence electrons. The molecule has 0 saturated heterocycles. The standard InChI is InChI=1S/C22H32N2O4S/c1-22(2,3)29(25)24-20(21(27-5)18-13-9-10-14-23-18)19(26-4)16-28-15-17-11-7-6-8-12-17/h6-14,19-21,24H,15-16H2,1-5H3/t19-,20+,21?,29-/m1/s1. The first-order valence-electron chi connectivity index (χ1n) is 9.63. The number of hydrogen-bond donors (Lipinski definition) is 1. The monoisotopic (exact) mass is 420 g/mol. The number of nitrogens with one attached hydrogen (secondary N) is 1. The van der Waals surface area contributed by atoms with Crippen molar-refractivity contribution >= 4 is 11.4 Å². The van der Waals surface area contributed by atoms with Gasteiger partial charge in [0.25, 0.3) is 0 Å². The molecule has 1 heterocycles. The van der Waals surface area contributed by atoms with Crippen LogP contribution in [-0.4, -0.2) is 47.3 Å². The minimum Gasteiger partial charge on any atom is -0.598 e. The summed E-state index contributed by atoms with van der Waals surface area (Å²) in [5.74, 6) is 0. The van der Waals surface area contributed by atoms with Gasteiger partial charge in [-0.1, -0.05) is 36.4 Å². The Labute approximate surface area is 177 Å². The molecule has 0 radical (unpaired) electrons. The molecule has 2 rings (SSSR count). The molecule has 0 amide bonds. The van der Waals surface area contributed by atoms with Crippen molar-refractivity contribution in [2.75, 3.05) is 20.8 Å². The first-order chi connectivity index (χ1) is 13.9. The Balaban J connectivity index is 2.18. The second-order valence-corrected chi connectivity index (χ2v) is 9.71. The molecular formula is C22H32N2O4S. The van der Waals surface area contributed by atoms with Gasteiger partial charge < -0.3 is 18.8 Å². The maximum Gasteiger partial charge on any atom is 0.136 e. The summed E-state index contributed by atoms with van der Waals surface area (Å²) in [5, 5.41) is 0. The lowest BCUT2D eigenvalue weighted by Gasteiger charge is -2.35. The van der Waals surface area contributed by atoms with E-state index in [-0.39, 0.29) is 0 Å². The highest BCUT2D eigenvalue weighted by Crippen LogP contribution is 2.25. The van der Waals surface area contributed by atoms with Crippen molar-refractivity contribution in [2.45, 2.75) is 50.4 Å². The molecule has 1 aromatic carbocycles. The summed E-state index contributed by atoms with van der Waals surface area (Å²) < 4.78 is 33.1. The van der Waals surface area contributed by atoms with Gasteiger partial charge in [0, 0.05) is 31.8 Å². The number of pyridine rings is 1. The highest BCUT2D eigenvalue weighted by molar-refractivity contribution is 7.90. The Morgan fingerprint density at radius 2 is 1.72 bits per heavy atom. The fraction of sp³-hybridized carbons (Fsp3) is 0.500. The van der Waals surface area contributed by atoms with Crippen LogP contribution in [-0.2, 0) is 32.2 Å². The molecule has 0 spiro atoms. The minimum absolute atomic E-state index is 0.317. The molecule has 0 aliphatic rings. The number of methoxy groups -OCH3 is 2. The smallest absolute Gasteiger partial charge is 0.136 e.